The number of ketones is 1. The number of aromatic nitrogens is 1. The monoisotopic (exact) mass is 248 g/mol. The fraction of sp³-hybridized carbons (Fsp3) is 0.273. The van der Waals surface area contributed by atoms with Gasteiger partial charge in [0.25, 0.3) is 0 Å². The van der Waals surface area contributed by atoms with Crippen molar-refractivity contribution in [2.24, 2.45) is 5.73 Å². The number of carboxylic acid groups (broad SMARTS) is 1. The van der Waals surface area contributed by atoms with Crippen LogP contribution in [0.5, 0.6) is 0 Å². The molecule has 0 aliphatic rings. The lowest BCUT2D eigenvalue weighted by Gasteiger charge is -2.10. The Labute approximate surface area is 103 Å². The van der Waals surface area contributed by atoms with E-state index in [0.717, 1.165) is 0 Å². The number of carboxylic acids is 1. The Balaban J connectivity index is 2.93. The zero-order valence-electron chi connectivity index (χ0n) is 9.46. The van der Waals surface area contributed by atoms with Crippen LogP contribution < -0.4 is 11.5 Å². The van der Waals surface area contributed by atoms with E-state index in [-0.39, 0.29) is 29.8 Å². The first kappa shape index (κ1) is 13.6. The molecule has 7 nitrogen and oxygen atoms in total. The number of aliphatic carboxylic acids is 1. The molecule has 1 aromatic heterocycles. The largest absolute Gasteiger partial charge is 0.481 e. The summed E-state index contributed by atoms with van der Waals surface area (Å²) in [6.07, 6.45) is 1.04. The molecule has 0 saturated carbocycles. The van der Waals surface area contributed by atoms with Crippen molar-refractivity contribution in [3.05, 3.63) is 23.5 Å². The van der Waals surface area contributed by atoms with Crippen LogP contribution in [0.1, 0.15) is 28.9 Å². The van der Waals surface area contributed by atoms with E-state index >= 15 is 0 Å². The first-order chi connectivity index (χ1) is 8.45. The van der Waals surface area contributed by atoms with E-state index in [1.165, 1.54) is 12.3 Å². The van der Waals surface area contributed by atoms with Crippen LogP contribution in [-0.4, -0.2) is 27.9 Å². The number of nitrogens with two attached hydrogens (primary N) is 2. The predicted octanol–water partition coefficient (Wildman–Crippen LogP) is -0.0897. The fourth-order valence-electron chi connectivity index (χ4n) is 1.37. The molecule has 0 aromatic carbocycles. The van der Waals surface area contributed by atoms with Crippen LogP contribution in [0.25, 0.3) is 0 Å². The molecule has 1 rings (SSSR count). The van der Waals surface area contributed by atoms with E-state index in [9.17, 15) is 9.59 Å². The molecular weight excluding hydrogens is 236 g/mol. The van der Waals surface area contributed by atoms with Crippen molar-refractivity contribution in [1.29, 1.82) is 5.26 Å². The highest BCUT2D eigenvalue weighted by atomic mass is 16.4. The van der Waals surface area contributed by atoms with E-state index < -0.39 is 17.8 Å². The van der Waals surface area contributed by atoms with Crippen LogP contribution in [0.15, 0.2) is 12.3 Å². The van der Waals surface area contributed by atoms with Crippen molar-refractivity contribution in [1.82, 2.24) is 4.98 Å². The lowest BCUT2D eigenvalue weighted by Crippen LogP contribution is -2.32. The minimum atomic E-state index is -1.04. The summed E-state index contributed by atoms with van der Waals surface area (Å²) in [5, 5.41) is 17.3. The van der Waals surface area contributed by atoms with Gasteiger partial charge in [0.1, 0.15) is 6.07 Å². The van der Waals surface area contributed by atoms with Gasteiger partial charge in [0.05, 0.1) is 23.5 Å². The molecule has 18 heavy (non-hydrogen) atoms. The molecule has 0 aliphatic heterocycles. The number of hydrogen-bond donors (Lipinski definition) is 3. The number of nitrogens with zero attached hydrogens (tertiary/aromatic N) is 2. The van der Waals surface area contributed by atoms with Crippen LogP contribution in [0.2, 0.25) is 0 Å². The molecule has 0 aliphatic carbocycles. The SMILES string of the molecule is N#Cc1ncc(N)cc1C(=O)C(N)CCC(=O)O. The van der Waals surface area contributed by atoms with Crippen molar-refractivity contribution in [3.8, 4) is 6.07 Å². The Morgan fingerprint density at radius 2 is 2.22 bits per heavy atom. The molecule has 0 saturated heterocycles. The molecule has 1 aromatic rings. The van der Waals surface area contributed by atoms with Gasteiger partial charge in [0.15, 0.2) is 11.5 Å². The molecule has 94 valence electrons. The number of hydrogen-bond acceptors (Lipinski definition) is 6. The average molecular weight is 248 g/mol. The van der Waals surface area contributed by atoms with Gasteiger partial charge in [-0.2, -0.15) is 5.26 Å². The lowest BCUT2D eigenvalue weighted by atomic mass is 9.99. The molecule has 1 unspecified atom stereocenters. The highest BCUT2D eigenvalue weighted by molar-refractivity contribution is 6.02. The summed E-state index contributed by atoms with van der Waals surface area (Å²) in [6.45, 7) is 0. The average Bonchev–Trinajstić information content (AvgIpc) is 2.34. The second-order valence-electron chi connectivity index (χ2n) is 3.68. The maximum absolute atomic E-state index is 11.9. The van der Waals surface area contributed by atoms with Crippen molar-refractivity contribution in [3.63, 3.8) is 0 Å². The highest BCUT2D eigenvalue weighted by Gasteiger charge is 2.20. The Morgan fingerprint density at radius 1 is 1.56 bits per heavy atom. The third kappa shape index (κ3) is 3.26. The smallest absolute Gasteiger partial charge is 0.303 e. The minimum absolute atomic E-state index is 0.00612. The normalized spacial score (nSPS) is 11.6. The van der Waals surface area contributed by atoms with Crippen LogP contribution in [0, 0.1) is 11.3 Å². The Bertz CT molecular complexity index is 522. The van der Waals surface area contributed by atoms with Gasteiger partial charge in [-0.3, -0.25) is 9.59 Å². The quantitative estimate of drug-likeness (QED) is 0.617. The summed E-state index contributed by atoms with van der Waals surface area (Å²) in [4.78, 5) is 26.0. The van der Waals surface area contributed by atoms with Gasteiger partial charge in [0, 0.05) is 6.42 Å². The second kappa shape index (κ2) is 5.75. The molecular formula is C11H12N4O3. The first-order valence-corrected chi connectivity index (χ1v) is 5.13. The van der Waals surface area contributed by atoms with E-state index in [1.54, 1.807) is 6.07 Å². The Hall–Kier alpha value is -2.46. The standard InChI is InChI=1S/C11H12N4O3/c12-4-9-7(3-6(13)5-15-9)11(18)8(14)1-2-10(16)17/h3,5,8H,1-2,13-14H2,(H,16,17). The van der Waals surface area contributed by atoms with Crippen molar-refractivity contribution < 1.29 is 14.7 Å². The van der Waals surface area contributed by atoms with Gasteiger partial charge in [-0.25, -0.2) is 4.98 Å². The number of nitrogen functional groups attached to an aromatic ring is 1. The number of carbonyl (C=O) groups excluding carboxylic acids is 1. The summed E-state index contributed by atoms with van der Waals surface area (Å²) in [7, 11) is 0. The molecule has 1 heterocycles. The zero-order chi connectivity index (χ0) is 13.7. The first-order valence-electron chi connectivity index (χ1n) is 5.13. The number of carbonyl (C=O) groups is 2. The maximum atomic E-state index is 11.9. The molecule has 0 fully saturated rings. The van der Waals surface area contributed by atoms with Crippen LogP contribution >= 0.6 is 0 Å². The number of rotatable bonds is 5. The van der Waals surface area contributed by atoms with E-state index in [1.807, 2.05) is 0 Å². The van der Waals surface area contributed by atoms with Crippen LogP contribution in [0.3, 0.4) is 0 Å². The lowest BCUT2D eigenvalue weighted by molar-refractivity contribution is -0.137. The molecule has 0 amide bonds. The number of nitriles is 1. The van der Waals surface area contributed by atoms with E-state index in [0.29, 0.717) is 0 Å². The zero-order valence-corrected chi connectivity index (χ0v) is 9.46. The molecule has 0 spiro atoms. The molecule has 7 heteroatoms. The third-order valence-electron chi connectivity index (χ3n) is 2.29. The van der Waals surface area contributed by atoms with Crippen molar-refractivity contribution in [2.45, 2.75) is 18.9 Å². The summed E-state index contributed by atoms with van der Waals surface area (Å²) in [5.74, 6) is -1.57. The maximum Gasteiger partial charge on any atom is 0.303 e. The number of pyridine rings is 1. The number of Topliss-reactive ketones (excluding diaryl/α,β-unsaturated/α-hetero) is 1. The topological polar surface area (TPSA) is 143 Å². The Morgan fingerprint density at radius 3 is 2.78 bits per heavy atom. The molecule has 0 radical (unpaired) electrons. The molecule has 1 atom stereocenters. The van der Waals surface area contributed by atoms with Crippen LogP contribution in [0.4, 0.5) is 5.69 Å². The number of anilines is 1. The van der Waals surface area contributed by atoms with Gasteiger partial charge in [-0.15, -0.1) is 0 Å². The van der Waals surface area contributed by atoms with Gasteiger partial charge in [0.2, 0.25) is 0 Å². The highest BCUT2D eigenvalue weighted by Crippen LogP contribution is 2.13. The minimum Gasteiger partial charge on any atom is -0.481 e. The fourth-order valence-corrected chi connectivity index (χ4v) is 1.37. The van der Waals surface area contributed by atoms with Gasteiger partial charge >= 0.3 is 5.97 Å². The van der Waals surface area contributed by atoms with Crippen molar-refractivity contribution in [2.75, 3.05) is 5.73 Å². The second-order valence-corrected chi connectivity index (χ2v) is 3.68. The summed E-state index contributed by atoms with van der Waals surface area (Å²) in [5.41, 5.74) is 11.3. The molecule has 0 bridgehead atoms. The van der Waals surface area contributed by atoms with Crippen LogP contribution in [-0.2, 0) is 4.79 Å². The summed E-state index contributed by atoms with van der Waals surface area (Å²) < 4.78 is 0. The third-order valence-corrected chi connectivity index (χ3v) is 2.29. The van der Waals surface area contributed by atoms with E-state index in [2.05, 4.69) is 4.98 Å². The van der Waals surface area contributed by atoms with Gasteiger partial charge < -0.3 is 16.6 Å². The summed E-state index contributed by atoms with van der Waals surface area (Å²) in [6, 6.07) is 2.09. The van der Waals surface area contributed by atoms with E-state index in [4.69, 9.17) is 21.8 Å². The Kier molecular flexibility index (Phi) is 4.34. The predicted molar refractivity (Wildman–Crippen MR) is 62.5 cm³/mol. The van der Waals surface area contributed by atoms with Gasteiger partial charge in [-0.1, -0.05) is 0 Å². The van der Waals surface area contributed by atoms with Gasteiger partial charge in [-0.05, 0) is 12.5 Å². The molecule has 5 N–H and O–H groups in total. The summed E-state index contributed by atoms with van der Waals surface area (Å²) >= 11 is 0. The van der Waals surface area contributed by atoms with Crippen molar-refractivity contribution >= 4 is 17.4 Å².